The van der Waals surface area contributed by atoms with Gasteiger partial charge in [0.05, 0.1) is 12.2 Å². The molecule has 0 aliphatic heterocycles. The zero-order chi connectivity index (χ0) is 13.0. The molecule has 0 aromatic heterocycles. The Bertz CT molecular complexity index is 454. The van der Waals surface area contributed by atoms with Gasteiger partial charge in [0.15, 0.2) is 5.78 Å². The zero-order valence-corrected chi connectivity index (χ0v) is 10.4. The monoisotopic (exact) mass is 256 g/mol. The maximum Gasteiger partial charge on any atom is 0.339 e. The summed E-state index contributed by atoms with van der Waals surface area (Å²) < 4.78 is 5.25. The Labute approximate surface area is 104 Å². The number of halogens is 1. The van der Waals surface area contributed by atoms with Crippen LogP contribution in [-0.4, -0.2) is 23.5 Å². The second-order valence-corrected chi connectivity index (χ2v) is 3.78. The number of aromatic carboxylic acids is 1. The molecular weight excluding hydrogens is 244 g/mol. The van der Waals surface area contributed by atoms with Gasteiger partial charge in [0, 0.05) is 11.4 Å². The van der Waals surface area contributed by atoms with E-state index in [9.17, 15) is 9.59 Å². The number of ketones is 1. The molecule has 1 aromatic carbocycles. The van der Waals surface area contributed by atoms with Crippen molar-refractivity contribution in [1.29, 1.82) is 0 Å². The van der Waals surface area contributed by atoms with E-state index in [-0.39, 0.29) is 40.7 Å². The Morgan fingerprint density at radius 1 is 1.29 bits per heavy atom. The maximum atomic E-state index is 11.7. The first kappa shape index (κ1) is 13.5. The summed E-state index contributed by atoms with van der Waals surface area (Å²) in [4.78, 5) is 22.8. The summed E-state index contributed by atoms with van der Waals surface area (Å²) in [7, 11) is 0. The van der Waals surface area contributed by atoms with Crippen molar-refractivity contribution < 1.29 is 19.4 Å². The van der Waals surface area contributed by atoms with Crippen molar-refractivity contribution in [2.24, 2.45) is 0 Å². The van der Waals surface area contributed by atoms with E-state index < -0.39 is 5.97 Å². The van der Waals surface area contributed by atoms with E-state index in [4.69, 9.17) is 21.4 Å². The van der Waals surface area contributed by atoms with Crippen LogP contribution >= 0.6 is 11.6 Å². The number of rotatable bonds is 5. The zero-order valence-electron chi connectivity index (χ0n) is 9.62. The average molecular weight is 257 g/mol. The van der Waals surface area contributed by atoms with Gasteiger partial charge in [-0.05, 0) is 19.1 Å². The fraction of sp³-hybridized carbons (Fsp3) is 0.333. The molecule has 0 saturated heterocycles. The minimum absolute atomic E-state index is 0.0869. The summed E-state index contributed by atoms with van der Waals surface area (Å²) in [5.41, 5.74) is 0.135. The van der Waals surface area contributed by atoms with Crippen molar-refractivity contribution in [3.63, 3.8) is 0 Å². The molecule has 0 aliphatic rings. The van der Waals surface area contributed by atoms with E-state index in [1.807, 2.05) is 0 Å². The summed E-state index contributed by atoms with van der Waals surface area (Å²) in [5.74, 6) is -1.27. The fourth-order valence-corrected chi connectivity index (χ4v) is 1.67. The topological polar surface area (TPSA) is 63.6 Å². The quantitative estimate of drug-likeness (QED) is 0.823. The van der Waals surface area contributed by atoms with Crippen LogP contribution in [0, 0.1) is 0 Å². The predicted molar refractivity (Wildman–Crippen MR) is 64.2 cm³/mol. The number of carbonyl (C=O) groups excluding carboxylic acids is 1. The van der Waals surface area contributed by atoms with Gasteiger partial charge in [-0.25, -0.2) is 4.79 Å². The number of benzene rings is 1. The molecule has 17 heavy (non-hydrogen) atoms. The third kappa shape index (κ3) is 2.97. The molecule has 0 atom stereocenters. The highest BCUT2D eigenvalue weighted by Gasteiger charge is 2.20. The highest BCUT2D eigenvalue weighted by Crippen LogP contribution is 2.29. The van der Waals surface area contributed by atoms with E-state index in [0.717, 1.165) is 0 Å². The number of carboxylic acids is 1. The van der Waals surface area contributed by atoms with E-state index in [1.54, 1.807) is 13.8 Å². The normalized spacial score (nSPS) is 10.1. The second kappa shape index (κ2) is 5.68. The molecule has 4 nitrogen and oxygen atoms in total. The third-order valence-corrected chi connectivity index (χ3v) is 2.41. The molecule has 0 amide bonds. The number of hydrogen-bond acceptors (Lipinski definition) is 3. The van der Waals surface area contributed by atoms with Crippen LogP contribution in [0.25, 0.3) is 0 Å². The van der Waals surface area contributed by atoms with Crippen molar-refractivity contribution in [2.45, 2.75) is 20.3 Å². The van der Waals surface area contributed by atoms with Crippen molar-refractivity contribution in [2.75, 3.05) is 6.61 Å². The highest BCUT2D eigenvalue weighted by atomic mass is 35.5. The van der Waals surface area contributed by atoms with Gasteiger partial charge in [0.25, 0.3) is 0 Å². The Morgan fingerprint density at radius 2 is 1.88 bits per heavy atom. The lowest BCUT2D eigenvalue weighted by Crippen LogP contribution is -2.09. The molecule has 0 heterocycles. The van der Waals surface area contributed by atoms with Crippen LogP contribution in [0.1, 0.15) is 41.0 Å². The highest BCUT2D eigenvalue weighted by molar-refractivity contribution is 6.31. The molecular formula is C12H13ClO4. The molecule has 0 radical (unpaired) electrons. The Hall–Kier alpha value is -1.55. The van der Waals surface area contributed by atoms with Crippen LogP contribution in [-0.2, 0) is 0 Å². The number of Topliss-reactive ketones (excluding diaryl/α,β-unsaturated/α-hetero) is 1. The largest absolute Gasteiger partial charge is 0.492 e. The van der Waals surface area contributed by atoms with E-state index >= 15 is 0 Å². The first-order valence-corrected chi connectivity index (χ1v) is 5.61. The summed E-state index contributed by atoms with van der Waals surface area (Å²) in [5, 5.41) is 9.26. The SMILES string of the molecule is CCOc1c(C(=O)O)cc(Cl)cc1C(=O)CC. The van der Waals surface area contributed by atoms with Gasteiger partial charge in [0.1, 0.15) is 11.3 Å². The minimum Gasteiger partial charge on any atom is -0.492 e. The summed E-state index contributed by atoms with van der Waals surface area (Å²) in [6.07, 6.45) is 0.263. The summed E-state index contributed by atoms with van der Waals surface area (Å²) >= 11 is 5.80. The predicted octanol–water partition coefficient (Wildman–Crippen LogP) is 3.03. The summed E-state index contributed by atoms with van der Waals surface area (Å²) in [6, 6.07) is 2.71. The van der Waals surface area contributed by atoms with Gasteiger partial charge in [0.2, 0.25) is 0 Å². The lowest BCUT2D eigenvalue weighted by atomic mass is 10.0. The molecule has 0 unspecified atom stereocenters. The third-order valence-electron chi connectivity index (χ3n) is 2.19. The van der Waals surface area contributed by atoms with Gasteiger partial charge in [-0.1, -0.05) is 18.5 Å². The van der Waals surface area contributed by atoms with Gasteiger partial charge in [-0.2, -0.15) is 0 Å². The molecule has 1 N–H and O–H groups in total. The van der Waals surface area contributed by atoms with Crippen molar-refractivity contribution >= 4 is 23.4 Å². The van der Waals surface area contributed by atoms with Gasteiger partial charge in [-0.3, -0.25) is 4.79 Å². The second-order valence-electron chi connectivity index (χ2n) is 3.34. The fourth-order valence-electron chi connectivity index (χ4n) is 1.45. The molecule has 1 aromatic rings. The molecule has 0 aliphatic carbocycles. The first-order valence-electron chi connectivity index (χ1n) is 5.24. The van der Waals surface area contributed by atoms with Crippen LogP contribution < -0.4 is 4.74 Å². The van der Waals surface area contributed by atoms with Gasteiger partial charge >= 0.3 is 5.97 Å². The molecule has 1 rings (SSSR count). The van der Waals surface area contributed by atoms with Crippen molar-refractivity contribution in [1.82, 2.24) is 0 Å². The Morgan fingerprint density at radius 3 is 2.35 bits per heavy atom. The van der Waals surface area contributed by atoms with E-state index in [1.165, 1.54) is 12.1 Å². The number of carbonyl (C=O) groups is 2. The van der Waals surface area contributed by atoms with Crippen LogP contribution in [0.15, 0.2) is 12.1 Å². The molecule has 0 fully saturated rings. The van der Waals surface area contributed by atoms with Crippen LogP contribution in [0.5, 0.6) is 5.75 Å². The number of ether oxygens (including phenoxy) is 1. The molecule has 0 spiro atoms. The van der Waals surface area contributed by atoms with Crippen LogP contribution in [0.4, 0.5) is 0 Å². The van der Waals surface area contributed by atoms with Crippen molar-refractivity contribution in [3.05, 3.63) is 28.3 Å². The standard InChI is InChI=1S/C12H13ClO4/c1-3-10(14)8-5-7(13)6-9(12(15)16)11(8)17-4-2/h5-6H,3-4H2,1-2H3,(H,15,16). The maximum absolute atomic E-state index is 11.7. The van der Waals surface area contributed by atoms with E-state index in [2.05, 4.69) is 0 Å². The van der Waals surface area contributed by atoms with E-state index in [0.29, 0.717) is 0 Å². The summed E-state index contributed by atoms with van der Waals surface area (Å²) in [6.45, 7) is 3.70. The first-order chi connectivity index (χ1) is 8.01. The molecule has 92 valence electrons. The molecule has 0 bridgehead atoms. The van der Waals surface area contributed by atoms with Gasteiger partial charge in [-0.15, -0.1) is 0 Å². The van der Waals surface area contributed by atoms with Crippen LogP contribution in [0.2, 0.25) is 5.02 Å². The molecule has 0 saturated carbocycles. The Kier molecular flexibility index (Phi) is 4.52. The number of carboxylic acid groups (broad SMARTS) is 1. The lowest BCUT2D eigenvalue weighted by Gasteiger charge is -2.12. The minimum atomic E-state index is -1.17. The van der Waals surface area contributed by atoms with Crippen molar-refractivity contribution in [3.8, 4) is 5.75 Å². The number of hydrogen-bond donors (Lipinski definition) is 1. The van der Waals surface area contributed by atoms with Crippen LogP contribution in [0.3, 0.4) is 0 Å². The molecule has 5 heteroatoms. The smallest absolute Gasteiger partial charge is 0.339 e. The lowest BCUT2D eigenvalue weighted by molar-refractivity contribution is 0.0692. The average Bonchev–Trinajstić information content (AvgIpc) is 2.29. The Balaban J connectivity index is 3.45. The van der Waals surface area contributed by atoms with Gasteiger partial charge < -0.3 is 9.84 Å².